The molecular weight excluding hydrogens is 198 g/mol. The predicted octanol–water partition coefficient (Wildman–Crippen LogP) is 1.90. The fourth-order valence-corrected chi connectivity index (χ4v) is 2.45. The van der Waals surface area contributed by atoms with Gasteiger partial charge in [-0.3, -0.25) is 0 Å². The molecule has 16 heavy (non-hydrogen) atoms. The minimum atomic E-state index is -0.161. The highest BCUT2D eigenvalue weighted by Gasteiger charge is 2.43. The highest BCUT2D eigenvalue weighted by Crippen LogP contribution is 2.49. The zero-order chi connectivity index (χ0) is 11.0. The van der Waals surface area contributed by atoms with E-state index in [9.17, 15) is 5.11 Å². The van der Waals surface area contributed by atoms with Crippen molar-refractivity contribution in [2.24, 2.45) is 5.92 Å². The Morgan fingerprint density at radius 2 is 2.00 bits per heavy atom. The minimum Gasteiger partial charge on any atom is -0.391 e. The minimum absolute atomic E-state index is 0.161. The molecule has 1 aromatic carbocycles. The van der Waals surface area contributed by atoms with Crippen molar-refractivity contribution in [3.05, 3.63) is 35.9 Å². The Kier molecular flexibility index (Phi) is 2.70. The molecule has 2 aliphatic carbocycles. The van der Waals surface area contributed by atoms with Crippen molar-refractivity contribution in [3.63, 3.8) is 0 Å². The largest absolute Gasteiger partial charge is 0.391 e. The topological polar surface area (TPSA) is 32.3 Å². The number of benzene rings is 1. The second kappa shape index (κ2) is 4.19. The first-order valence-electron chi connectivity index (χ1n) is 6.31. The molecular formula is C14H19NO. The van der Waals surface area contributed by atoms with Crippen LogP contribution in [0.5, 0.6) is 0 Å². The van der Waals surface area contributed by atoms with E-state index < -0.39 is 0 Å². The van der Waals surface area contributed by atoms with E-state index in [0.29, 0.717) is 17.9 Å². The van der Waals surface area contributed by atoms with Gasteiger partial charge >= 0.3 is 0 Å². The molecule has 86 valence electrons. The average molecular weight is 217 g/mol. The molecule has 2 nitrogen and oxygen atoms in total. The molecule has 0 amide bonds. The predicted molar refractivity (Wildman–Crippen MR) is 64.3 cm³/mol. The Labute approximate surface area is 96.7 Å². The van der Waals surface area contributed by atoms with Crippen LogP contribution < -0.4 is 5.32 Å². The van der Waals surface area contributed by atoms with Crippen molar-refractivity contribution in [2.45, 2.75) is 37.3 Å². The van der Waals surface area contributed by atoms with Crippen LogP contribution in [-0.4, -0.2) is 23.8 Å². The van der Waals surface area contributed by atoms with E-state index in [4.69, 9.17) is 0 Å². The van der Waals surface area contributed by atoms with Gasteiger partial charge in [0.1, 0.15) is 0 Å². The van der Waals surface area contributed by atoms with E-state index in [0.717, 1.165) is 13.0 Å². The summed E-state index contributed by atoms with van der Waals surface area (Å²) in [5, 5.41) is 13.4. The van der Waals surface area contributed by atoms with Gasteiger partial charge in [0.2, 0.25) is 0 Å². The summed E-state index contributed by atoms with van der Waals surface area (Å²) in [6.07, 6.45) is 3.57. The van der Waals surface area contributed by atoms with E-state index >= 15 is 0 Å². The second-order valence-electron chi connectivity index (χ2n) is 5.17. The molecule has 2 heteroatoms. The molecule has 3 atom stereocenters. The summed E-state index contributed by atoms with van der Waals surface area (Å²) in [4.78, 5) is 0. The number of nitrogens with one attached hydrogen (secondary N) is 1. The molecule has 2 N–H and O–H groups in total. The molecule has 0 radical (unpaired) electrons. The third-order valence-corrected chi connectivity index (χ3v) is 3.75. The lowest BCUT2D eigenvalue weighted by molar-refractivity contribution is 0.146. The van der Waals surface area contributed by atoms with Crippen molar-refractivity contribution in [1.82, 2.24) is 5.32 Å². The molecule has 3 unspecified atom stereocenters. The molecule has 3 rings (SSSR count). The number of aliphatic hydroxyl groups excluding tert-OH is 1. The molecule has 0 spiro atoms. The summed E-state index contributed by atoms with van der Waals surface area (Å²) in [5.74, 6) is 1.07. The third-order valence-electron chi connectivity index (χ3n) is 3.75. The molecule has 1 aromatic rings. The number of aliphatic hydroxyl groups is 1. The van der Waals surface area contributed by atoms with E-state index in [-0.39, 0.29) is 6.10 Å². The van der Waals surface area contributed by atoms with Crippen molar-refractivity contribution < 1.29 is 5.11 Å². The molecule has 0 aliphatic heterocycles. The Morgan fingerprint density at radius 1 is 1.25 bits per heavy atom. The number of hydrogen-bond acceptors (Lipinski definition) is 2. The van der Waals surface area contributed by atoms with Crippen LogP contribution in [0, 0.1) is 5.92 Å². The van der Waals surface area contributed by atoms with Crippen molar-refractivity contribution >= 4 is 0 Å². The zero-order valence-electron chi connectivity index (χ0n) is 9.47. The van der Waals surface area contributed by atoms with E-state index in [1.54, 1.807) is 0 Å². The van der Waals surface area contributed by atoms with Gasteiger partial charge in [0.25, 0.3) is 0 Å². The summed E-state index contributed by atoms with van der Waals surface area (Å²) >= 11 is 0. The van der Waals surface area contributed by atoms with Gasteiger partial charge in [-0.05, 0) is 36.7 Å². The Morgan fingerprint density at radius 3 is 2.69 bits per heavy atom. The molecule has 2 saturated carbocycles. The lowest BCUT2D eigenvalue weighted by atomic mass is 10.1. The monoisotopic (exact) mass is 217 g/mol. The van der Waals surface area contributed by atoms with Gasteiger partial charge in [-0.1, -0.05) is 30.3 Å². The molecule has 0 aromatic heterocycles. The first-order chi connectivity index (χ1) is 7.84. The highest BCUT2D eigenvalue weighted by atomic mass is 16.3. The van der Waals surface area contributed by atoms with E-state index in [1.165, 1.54) is 18.4 Å². The van der Waals surface area contributed by atoms with Gasteiger partial charge in [0.05, 0.1) is 6.10 Å². The standard InChI is InChI=1S/C14H19NO/c16-14(9-15-11-6-7-11)13-8-12(13)10-4-2-1-3-5-10/h1-5,11-16H,6-9H2. The van der Waals surface area contributed by atoms with Crippen LogP contribution in [0.3, 0.4) is 0 Å². The Hall–Kier alpha value is -0.860. The molecule has 2 aliphatic rings. The highest BCUT2D eigenvalue weighted by molar-refractivity contribution is 5.26. The molecule has 0 heterocycles. The Balaban J connectivity index is 1.50. The van der Waals surface area contributed by atoms with E-state index in [2.05, 4.69) is 29.6 Å². The van der Waals surface area contributed by atoms with E-state index in [1.807, 2.05) is 6.07 Å². The maximum absolute atomic E-state index is 10.0. The van der Waals surface area contributed by atoms with Crippen LogP contribution >= 0.6 is 0 Å². The van der Waals surface area contributed by atoms with Gasteiger partial charge in [0, 0.05) is 12.6 Å². The summed E-state index contributed by atoms with van der Waals surface area (Å²) in [6.45, 7) is 0.776. The SMILES string of the molecule is OC(CNC1CC1)C1CC1c1ccccc1. The maximum atomic E-state index is 10.0. The lowest BCUT2D eigenvalue weighted by Crippen LogP contribution is -2.30. The van der Waals surface area contributed by atoms with Crippen LogP contribution in [0.15, 0.2) is 30.3 Å². The van der Waals surface area contributed by atoms with Gasteiger partial charge in [-0.25, -0.2) is 0 Å². The Bertz CT molecular complexity index is 347. The summed E-state index contributed by atoms with van der Waals surface area (Å²) in [6, 6.07) is 11.3. The van der Waals surface area contributed by atoms with Crippen LogP contribution in [0.4, 0.5) is 0 Å². The first-order valence-corrected chi connectivity index (χ1v) is 6.31. The normalized spacial score (nSPS) is 30.1. The van der Waals surface area contributed by atoms with Crippen LogP contribution in [0.1, 0.15) is 30.7 Å². The number of hydrogen-bond donors (Lipinski definition) is 2. The van der Waals surface area contributed by atoms with Crippen LogP contribution in [0.2, 0.25) is 0 Å². The second-order valence-corrected chi connectivity index (χ2v) is 5.17. The van der Waals surface area contributed by atoms with Crippen LogP contribution in [-0.2, 0) is 0 Å². The van der Waals surface area contributed by atoms with Gasteiger partial charge in [0.15, 0.2) is 0 Å². The zero-order valence-corrected chi connectivity index (χ0v) is 9.47. The van der Waals surface area contributed by atoms with Crippen LogP contribution in [0.25, 0.3) is 0 Å². The fourth-order valence-electron chi connectivity index (χ4n) is 2.45. The molecule has 2 fully saturated rings. The van der Waals surface area contributed by atoms with Gasteiger partial charge < -0.3 is 10.4 Å². The summed E-state index contributed by atoms with van der Waals surface area (Å²) in [7, 11) is 0. The summed E-state index contributed by atoms with van der Waals surface area (Å²) < 4.78 is 0. The molecule has 0 bridgehead atoms. The summed E-state index contributed by atoms with van der Waals surface area (Å²) in [5.41, 5.74) is 1.39. The molecule has 0 saturated heterocycles. The maximum Gasteiger partial charge on any atom is 0.0698 e. The quantitative estimate of drug-likeness (QED) is 0.789. The third kappa shape index (κ3) is 2.28. The van der Waals surface area contributed by atoms with Crippen molar-refractivity contribution in [1.29, 1.82) is 0 Å². The van der Waals surface area contributed by atoms with Gasteiger partial charge in [-0.2, -0.15) is 0 Å². The van der Waals surface area contributed by atoms with Crippen molar-refractivity contribution in [2.75, 3.05) is 6.54 Å². The first kappa shape index (κ1) is 10.3. The smallest absolute Gasteiger partial charge is 0.0698 e. The fraction of sp³-hybridized carbons (Fsp3) is 0.571. The van der Waals surface area contributed by atoms with Crippen molar-refractivity contribution in [3.8, 4) is 0 Å². The number of rotatable bonds is 5. The average Bonchev–Trinajstić information content (AvgIpc) is 3.19. The lowest BCUT2D eigenvalue weighted by Gasteiger charge is -2.11. The van der Waals surface area contributed by atoms with Gasteiger partial charge in [-0.15, -0.1) is 0 Å².